The van der Waals surface area contributed by atoms with Crippen LogP contribution < -0.4 is 5.32 Å². The molecule has 0 radical (unpaired) electrons. The first-order valence-electron chi connectivity index (χ1n) is 8.25. The number of rotatable bonds is 3. The van der Waals surface area contributed by atoms with Crippen LogP contribution in [0, 0.1) is 0 Å². The summed E-state index contributed by atoms with van der Waals surface area (Å²) >= 11 is 6.04. The first kappa shape index (κ1) is 15.9. The van der Waals surface area contributed by atoms with Crippen LogP contribution in [0.1, 0.15) is 23.2 Å². The predicted molar refractivity (Wildman–Crippen MR) is 98.4 cm³/mol. The standard InChI is InChI=1S/C18H18ClN5O/c1-23-11-21-15-16(23)14(18(25)24-7-2-3-8-24)10-20-17(15)22-13-6-4-5-12(19)9-13/h4-6,9-11H,2-3,7-8H2,1H3,(H,20,22). The van der Waals surface area contributed by atoms with E-state index < -0.39 is 0 Å². The van der Waals surface area contributed by atoms with E-state index in [0.717, 1.165) is 37.1 Å². The summed E-state index contributed by atoms with van der Waals surface area (Å²) in [6.45, 7) is 1.61. The van der Waals surface area contributed by atoms with E-state index in [1.165, 1.54) is 0 Å². The highest BCUT2D eigenvalue weighted by Gasteiger charge is 2.24. The molecule has 7 heteroatoms. The molecule has 1 aliphatic heterocycles. The van der Waals surface area contributed by atoms with Crippen LogP contribution in [0.3, 0.4) is 0 Å². The molecular weight excluding hydrogens is 338 g/mol. The highest BCUT2D eigenvalue weighted by molar-refractivity contribution is 6.30. The van der Waals surface area contributed by atoms with Crippen molar-refractivity contribution >= 4 is 40.0 Å². The Balaban J connectivity index is 1.76. The fraction of sp³-hybridized carbons (Fsp3) is 0.278. The van der Waals surface area contributed by atoms with Crippen LogP contribution in [-0.2, 0) is 7.05 Å². The third kappa shape index (κ3) is 2.93. The number of anilines is 2. The second-order valence-corrected chi connectivity index (χ2v) is 6.64. The summed E-state index contributed by atoms with van der Waals surface area (Å²) in [6.07, 6.45) is 5.46. The van der Waals surface area contributed by atoms with Gasteiger partial charge in [0.2, 0.25) is 0 Å². The Labute approximate surface area is 150 Å². The number of aryl methyl sites for hydroxylation is 1. The third-order valence-electron chi connectivity index (χ3n) is 4.45. The maximum Gasteiger partial charge on any atom is 0.257 e. The molecule has 0 bridgehead atoms. The molecule has 1 fully saturated rings. The quantitative estimate of drug-likeness (QED) is 0.779. The number of amides is 1. The van der Waals surface area contributed by atoms with E-state index in [2.05, 4.69) is 15.3 Å². The molecule has 25 heavy (non-hydrogen) atoms. The molecule has 0 saturated carbocycles. The molecule has 1 aliphatic rings. The van der Waals surface area contributed by atoms with Crippen LogP contribution in [-0.4, -0.2) is 38.4 Å². The molecule has 4 rings (SSSR count). The van der Waals surface area contributed by atoms with Gasteiger partial charge >= 0.3 is 0 Å². The highest BCUT2D eigenvalue weighted by Crippen LogP contribution is 2.28. The summed E-state index contributed by atoms with van der Waals surface area (Å²) in [4.78, 5) is 23.6. The van der Waals surface area contributed by atoms with Gasteiger partial charge in [-0.25, -0.2) is 9.97 Å². The van der Waals surface area contributed by atoms with Gasteiger partial charge in [0.1, 0.15) is 5.52 Å². The summed E-state index contributed by atoms with van der Waals surface area (Å²) < 4.78 is 1.86. The zero-order chi connectivity index (χ0) is 17.4. The number of nitrogens with one attached hydrogen (secondary N) is 1. The van der Waals surface area contributed by atoms with Gasteiger partial charge in [-0.2, -0.15) is 0 Å². The van der Waals surface area contributed by atoms with Crippen molar-refractivity contribution in [2.45, 2.75) is 12.8 Å². The molecule has 3 heterocycles. The maximum absolute atomic E-state index is 12.8. The normalized spacial score (nSPS) is 14.2. The van der Waals surface area contributed by atoms with Gasteiger partial charge in [-0.1, -0.05) is 17.7 Å². The number of fused-ring (bicyclic) bond motifs is 1. The minimum atomic E-state index is 0.0212. The van der Waals surface area contributed by atoms with Crippen LogP contribution in [0.25, 0.3) is 11.0 Å². The van der Waals surface area contributed by atoms with Crippen molar-refractivity contribution in [1.82, 2.24) is 19.4 Å². The fourth-order valence-corrected chi connectivity index (χ4v) is 3.40. The lowest BCUT2D eigenvalue weighted by atomic mass is 10.2. The van der Waals surface area contributed by atoms with Crippen molar-refractivity contribution in [3.63, 3.8) is 0 Å². The molecule has 0 unspecified atom stereocenters. The van der Waals surface area contributed by atoms with E-state index in [1.54, 1.807) is 12.5 Å². The highest BCUT2D eigenvalue weighted by atomic mass is 35.5. The van der Waals surface area contributed by atoms with Gasteiger partial charge in [0.05, 0.1) is 17.4 Å². The van der Waals surface area contributed by atoms with Crippen molar-refractivity contribution in [2.24, 2.45) is 7.05 Å². The molecule has 3 aromatic rings. The molecule has 1 N–H and O–H groups in total. The Morgan fingerprint density at radius 2 is 2.04 bits per heavy atom. The Hall–Kier alpha value is -2.60. The van der Waals surface area contributed by atoms with Gasteiger partial charge in [-0.15, -0.1) is 0 Å². The maximum atomic E-state index is 12.8. The second-order valence-electron chi connectivity index (χ2n) is 6.21. The van der Waals surface area contributed by atoms with E-state index in [-0.39, 0.29) is 5.91 Å². The molecular formula is C18H18ClN5O. The SMILES string of the molecule is Cn1cnc2c(Nc3cccc(Cl)c3)ncc(C(=O)N3CCCC3)c21. The monoisotopic (exact) mass is 355 g/mol. The van der Waals surface area contributed by atoms with Crippen molar-refractivity contribution in [2.75, 3.05) is 18.4 Å². The van der Waals surface area contributed by atoms with Gasteiger partial charge in [0.25, 0.3) is 5.91 Å². The largest absolute Gasteiger partial charge is 0.339 e. The van der Waals surface area contributed by atoms with Gasteiger partial charge < -0.3 is 14.8 Å². The molecule has 128 valence electrons. The van der Waals surface area contributed by atoms with Crippen molar-refractivity contribution < 1.29 is 4.79 Å². The fourth-order valence-electron chi connectivity index (χ4n) is 3.21. The Kier molecular flexibility index (Phi) is 4.05. The summed E-state index contributed by atoms with van der Waals surface area (Å²) in [5.41, 5.74) is 2.88. The van der Waals surface area contributed by atoms with Crippen LogP contribution in [0.5, 0.6) is 0 Å². The summed E-state index contributed by atoms with van der Waals surface area (Å²) in [6, 6.07) is 7.41. The molecule has 2 aromatic heterocycles. The van der Waals surface area contributed by atoms with Crippen molar-refractivity contribution in [3.8, 4) is 0 Å². The number of benzene rings is 1. The Morgan fingerprint density at radius 3 is 2.80 bits per heavy atom. The lowest BCUT2D eigenvalue weighted by Crippen LogP contribution is -2.28. The van der Waals surface area contributed by atoms with Gasteiger partial charge in [0, 0.05) is 37.0 Å². The lowest BCUT2D eigenvalue weighted by molar-refractivity contribution is 0.0794. The summed E-state index contributed by atoms with van der Waals surface area (Å²) in [7, 11) is 1.89. The van der Waals surface area contributed by atoms with E-state index in [1.807, 2.05) is 40.8 Å². The van der Waals surface area contributed by atoms with Crippen molar-refractivity contribution in [3.05, 3.63) is 47.4 Å². The van der Waals surface area contributed by atoms with Gasteiger partial charge in [0.15, 0.2) is 5.82 Å². The number of nitrogens with zero attached hydrogens (tertiary/aromatic N) is 4. The van der Waals surface area contributed by atoms with Gasteiger partial charge in [-0.05, 0) is 31.0 Å². The third-order valence-corrected chi connectivity index (χ3v) is 4.69. The molecule has 0 atom stereocenters. The molecule has 1 aromatic carbocycles. The number of hydrogen-bond donors (Lipinski definition) is 1. The summed E-state index contributed by atoms with van der Waals surface area (Å²) in [5.74, 6) is 0.628. The second kappa shape index (κ2) is 6.37. The van der Waals surface area contributed by atoms with E-state index in [4.69, 9.17) is 11.6 Å². The topological polar surface area (TPSA) is 63.1 Å². The number of aromatic nitrogens is 3. The van der Waals surface area contributed by atoms with E-state index >= 15 is 0 Å². The number of carbonyl (C=O) groups excluding carboxylic acids is 1. The van der Waals surface area contributed by atoms with Crippen LogP contribution in [0.15, 0.2) is 36.8 Å². The van der Waals surface area contributed by atoms with E-state index in [9.17, 15) is 4.79 Å². The van der Waals surface area contributed by atoms with Crippen LogP contribution in [0.2, 0.25) is 5.02 Å². The lowest BCUT2D eigenvalue weighted by Gasteiger charge is -2.16. The molecule has 6 nitrogen and oxygen atoms in total. The zero-order valence-electron chi connectivity index (χ0n) is 13.9. The molecule has 1 amide bonds. The van der Waals surface area contributed by atoms with E-state index in [0.29, 0.717) is 21.9 Å². The number of likely N-dealkylation sites (tertiary alicyclic amines) is 1. The van der Waals surface area contributed by atoms with Crippen LogP contribution in [0.4, 0.5) is 11.5 Å². The Bertz CT molecular complexity index is 946. The van der Waals surface area contributed by atoms with Gasteiger partial charge in [-0.3, -0.25) is 4.79 Å². The Morgan fingerprint density at radius 1 is 1.24 bits per heavy atom. The molecule has 0 aliphatic carbocycles. The zero-order valence-corrected chi connectivity index (χ0v) is 14.6. The average Bonchev–Trinajstić information content (AvgIpc) is 3.25. The number of carbonyl (C=O) groups is 1. The van der Waals surface area contributed by atoms with Crippen molar-refractivity contribution in [1.29, 1.82) is 0 Å². The molecule has 0 spiro atoms. The number of hydrogen-bond acceptors (Lipinski definition) is 4. The smallest absolute Gasteiger partial charge is 0.257 e. The minimum Gasteiger partial charge on any atom is -0.339 e. The first-order valence-corrected chi connectivity index (χ1v) is 8.63. The van der Waals surface area contributed by atoms with Crippen LogP contribution >= 0.6 is 11.6 Å². The first-order chi connectivity index (χ1) is 12.1. The number of imidazole rings is 1. The predicted octanol–water partition coefficient (Wildman–Crippen LogP) is 3.60. The summed E-state index contributed by atoms with van der Waals surface area (Å²) in [5, 5.41) is 3.88. The average molecular weight is 356 g/mol. The number of halogens is 1. The molecule has 1 saturated heterocycles. The number of pyridine rings is 1. The minimum absolute atomic E-state index is 0.0212.